The van der Waals surface area contributed by atoms with Crippen molar-refractivity contribution in [1.82, 2.24) is 9.97 Å². The smallest absolute Gasteiger partial charge is 0.296 e. The van der Waals surface area contributed by atoms with Crippen LogP contribution in [0.1, 0.15) is 0 Å². The van der Waals surface area contributed by atoms with Crippen LogP contribution >= 0.6 is 46.4 Å². The topological polar surface area (TPSA) is 191 Å². The number of anilines is 2. The van der Waals surface area contributed by atoms with Crippen molar-refractivity contribution in [2.24, 2.45) is 10.2 Å². The molecule has 0 fully saturated rings. The fourth-order valence-electron chi connectivity index (χ4n) is 3.22. The molecule has 4 aromatic rings. The molecule has 0 bridgehead atoms. The Morgan fingerprint density at radius 2 is 1.50 bits per heavy atom. The van der Waals surface area contributed by atoms with Crippen molar-refractivity contribution in [2.75, 3.05) is 5.32 Å². The van der Waals surface area contributed by atoms with E-state index in [4.69, 9.17) is 46.4 Å². The Labute approximate surface area is 234 Å². The van der Waals surface area contributed by atoms with Crippen molar-refractivity contribution in [3.8, 4) is 5.75 Å². The Balaban J connectivity index is 1.85. The first kappa shape index (κ1) is 28.2. The number of fused-ring (bicyclic) bond motifs is 1. The Morgan fingerprint density at radius 1 is 0.816 bits per heavy atom. The van der Waals surface area contributed by atoms with E-state index in [1.807, 2.05) is 0 Å². The summed E-state index contributed by atoms with van der Waals surface area (Å²) in [6, 6.07) is 8.46. The highest BCUT2D eigenvalue weighted by Crippen LogP contribution is 2.43. The highest BCUT2D eigenvalue weighted by Gasteiger charge is 2.23. The van der Waals surface area contributed by atoms with Crippen LogP contribution in [0, 0.1) is 0 Å². The van der Waals surface area contributed by atoms with Gasteiger partial charge in [-0.05, 0) is 59.5 Å². The largest absolute Gasteiger partial charge is 0.505 e. The van der Waals surface area contributed by atoms with E-state index in [1.54, 1.807) is 0 Å². The lowest BCUT2D eigenvalue weighted by Gasteiger charge is -2.12. The molecule has 0 amide bonds. The number of phenols is 1. The average Bonchev–Trinajstić information content (AvgIpc) is 2.81. The van der Waals surface area contributed by atoms with Crippen LogP contribution in [0.3, 0.4) is 0 Å². The molecule has 12 nitrogen and oxygen atoms in total. The van der Waals surface area contributed by atoms with Crippen LogP contribution in [0.15, 0.2) is 62.5 Å². The highest BCUT2D eigenvalue weighted by molar-refractivity contribution is 7.86. The SMILES string of the molecule is O=S(=O)(O)c1cc(Cl)ccc1N=Nc1c(S(=O)(=O)O)cc2cc(Nc3nc(Cl)nc(Cl)c3Cl)ccc2c1O. The molecule has 1 aromatic heterocycles. The molecule has 0 radical (unpaired) electrons. The number of hydrogen-bond acceptors (Lipinski definition) is 10. The average molecular weight is 639 g/mol. The standard InChI is InChI=1S/C20H11Cl4N5O7S2/c21-9-1-4-12(13(7-9)37(31,32)33)28-29-16-14(38(34,35)36)6-8-5-10(2-3-11(8)17(16)30)25-19-15(22)18(23)26-20(24)27-19/h1-7,30H,(H,25,26,27)(H,31,32,33)(H,34,35,36). The third kappa shape index (κ3) is 5.92. The summed E-state index contributed by atoms with van der Waals surface area (Å²) in [4.78, 5) is 6.05. The minimum atomic E-state index is -4.99. The quantitative estimate of drug-likeness (QED) is 0.0773. The lowest BCUT2D eigenvalue weighted by molar-refractivity contribution is 0.472. The zero-order chi connectivity index (χ0) is 28.0. The first-order chi connectivity index (χ1) is 17.6. The molecule has 1 heterocycles. The Morgan fingerprint density at radius 3 is 2.16 bits per heavy atom. The number of aromatic hydroxyl groups is 1. The zero-order valence-corrected chi connectivity index (χ0v) is 22.8. The van der Waals surface area contributed by atoms with Gasteiger partial charge >= 0.3 is 0 Å². The van der Waals surface area contributed by atoms with Gasteiger partial charge in [-0.3, -0.25) is 9.11 Å². The summed E-state index contributed by atoms with van der Waals surface area (Å²) in [6.45, 7) is 0. The molecular formula is C20H11Cl4N5O7S2. The van der Waals surface area contributed by atoms with Gasteiger partial charge in [-0.15, -0.1) is 10.2 Å². The summed E-state index contributed by atoms with van der Waals surface area (Å²) in [5.41, 5.74) is -0.815. The van der Waals surface area contributed by atoms with E-state index in [9.17, 15) is 31.0 Å². The summed E-state index contributed by atoms with van der Waals surface area (Å²) in [5, 5.41) is 20.8. The number of nitrogens with zero attached hydrogens (tertiary/aromatic N) is 4. The maximum atomic E-state index is 12.1. The number of benzene rings is 3. The van der Waals surface area contributed by atoms with Crippen molar-refractivity contribution in [1.29, 1.82) is 0 Å². The van der Waals surface area contributed by atoms with Crippen LogP contribution in [-0.4, -0.2) is 41.0 Å². The predicted octanol–water partition coefficient (Wildman–Crippen LogP) is 6.60. The summed E-state index contributed by atoms with van der Waals surface area (Å²) in [7, 11) is -9.78. The fourth-order valence-corrected chi connectivity index (χ4v) is 5.27. The predicted molar refractivity (Wildman–Crippen MR) is 141 cm³/mol. The van der Waals surface area contributed by atoms with Crippen molar-refractivity contribution < 1.29 is 31.0 Å². The van der Waals surface area contributed by atoms with Crippen LogP contribution in [0.25, 0.3) is 10.8 Å². The Hall–Kier alpha value is -2.82. The summed E-state index contributed by atoms with van der Waals surface area (Å²) in [6.07, 6.45) is 0. The Kier molecular flexibility index (Phi) is 7.71. The number of azo groups is 1. The lowest BCUT2D eigenvalue weighted by Crippen LogP contribution is -2.00. The van der Waals surface area contributed by atoms with Crippen molar-refractivity contribution >= 4 is 100 Å². The van der Waals surface area contributed by atoms with Gasteiger partial charge in [0.05, 0.1) is 0 Å². The Bertz CT molecular complexity index is 1870. The van der Waals surface area contributed by atoms with Gasteiger partial charge in [0.2, 0.25) is 5.28 Å². The van der Waals surface area contributed by atoms with Gasteiger partial charge in [0.15, 0.2) is 16.7 Å². The van der Waals surface area contributed by atoms with Crippen molar-refractivity contribution in [3.05, 3.63) is 62.9 Å². The number of phenolic OH excluding ortho intramolecular Hbond substituents is 1. The molecule has 38 heavy (non-hydrogen) atoms. The first-order valence-corrected chi connectivity index (χ1v) is 14.2. The van der Waals surface area contributed by atoms with E-state index in [0.29, 0.717) is 5.69 Å². The van der Waals surface area contributed by atoms with E-state index in [-0.39, 0.29) is 37.1 Å². The third-order valence-corrected chi connectivity index (χ3v) is 7.71. The molecular weight excluding hydrogens is 628 g/mol. The molecule has 4 N–H and O–H groups in total. The maximum Gasteiger partial charge on any atom is 0.296 e. The molecule has 0 saturated carbocycles. The molecule has 4 rings (SSSR count). The molecule has 18 heteroatoms. The van der Waals surface area contributed by atoms with Gasteiger partial charge in [-0.1, -0.05) is 34.8 Å². The van der Waals surface area contributed by atoms with Gasteiger partial charge in [0.1, 0.15) is 26.2 Å². The molecule has 0 aliphatic carbocycles. The van der Waals surface area contributed by atoms with Crippen LogP contribution in [0.2, 0.25) is 20.5 Å². The van der Waals surface area contributed by atoms with Gasteiger partial charge in [0, 0.05) is 16.1 Å². The monoisotopic (exact) mass is 637 g/mol. The molecule has 0 saturated heterocycles. The number of aromatic nitrogens is 2. The second-order valence-electron chi connectivity index (χ2n) is 7.34. The third-order valence-electron chi connectivity index (χ3n) is 4.83. The molecule has 0 aliphatic rings. The second-order valence-corrected chi connectivity index (χ2v) is 11.6. The van der Waals surface area contributed by atoms with Crippen molar-refractivity contribution in [3.63, 3.8) is 0 Å². The normalized spacial score (nSPS) is 12.4. The van der Waals surface area contributed by atoms with E-state index in [2.05, 4.69) is 25.5 Å². The highest BCUT2D eigenvalue weighted by atomic mass is 35.5. The zero-order valence-electron chi connectivity index (χ0n) is 18.1. The van der Waals surface area contributed by atoms with Gasteiger partial charge < -0.3 is 10.4 Å². The minimum absolute atomic E-state index is 0.0401. The van der Waals surface area contributed by atoms with Crippen LogP contribution in [0.4, 0.5) is 22.9 Å². The maximum absolute atomic E-state index is 12.1. The molecule has 0 atom stereocenters. The van der Waals surface area contributed by atoms with Gasteiger partial charge in [-0.2, -0.15) is 21.8 Å². The second kappa shape index (κ2) is 10.4. The van der Waals surface area contributed by atoms with E-state index >= 15 is 0 Å². The number of hydrogen-bond donors (Lipinski definition) is 4. The molecule has 0 aliphatic heterocycles. The molecule has 198 valence electrons. The van der Waals surface area contributed by atoms with Crippen LogP contribution < -0.4 is 5.32 Å². The van der Waals surface area contributed by atoms with Gasteiger partial charge in [-0.25, -0.2) is 4.98 Å². The molecule has 0 spiro atoms. The van der Waals surface area contributed by atoms with E-state index < -0.39 is 47.2 Å². The minimum Gasteiger partial charge on any atom is -0.505 e. The molecule has 3 aromatic carbocycles. The lowest BCUT2D eigenvalue weighted by atomic mass is 10.1. The van der Waals surface area contributed by atoms with Crippen LogP contribution in [0.5, 0.6) is 5.75 Å². The van der Waals surface area contributed by atoms with E-state index in [0.717, 1.165) is 18.2 Å². The number of halogens is 4. The number of rotatable bonds is 6. The van der Waals surface area contributed by atoms with Crippen molar-refractivity contribution in [2.45, 2.75) is 9.79 Å². The van der Waals surface area contributed by atoms with Gasteiger partial charge in [0.25, 0.3) is 20.2 Å². The fraction of sp³-hybridized carbons (Fsp3) is 0. The van der Waals surface area contributed by atoms with Crippen LogP contribution in [-0.2, 0) is 20.2 Å². The summed E-state index contributed by atoms with van der Waals surface area (Å²) < 4.78 is 66.9. The number of nitrogens with one attached hydrogen (secondary N) is 1. The van der Waals surface area contributed by atoms with E-state index in [1.165, 1.54) is 24.3 Å². The first-order valence-electron chi connectivity index (χ1n) is 9.76. The summed E-state index contributed by atoms with van der Waals surface area (Å²) >= 11 is 23.6. The molecule has 0 unspecified atom stereocenters. The summed E-state index contributed by atoms with van der Waals surface area (Å²) in [5.74, 6) is -0.669.